The van der Waals surface area contributed by atoms with E-state index >= 15 is 0 Å². The van der Waals surface area contributed by atoms with Gasteiger partial charge in [-0.15, -0.1) is 0 Å². The predicted octanol–water partition coefficient (Wildman–Crippen LogP) is 1.01. The van der Waals surface area contributed by atoms with E-state index in [1.54, 1.807) is 0 Å². The maximum absolute atomic E-state index is 9.92. The predicted molar refractivity (Wildman–Crippen MR) is 55.2 cm³/mol. The Morgan fingerprint density at radius 3 is 2.71 bits per heavy atom. The second kappa shape index (κ2) is 4.60. The molecule has 82 valence electrons. The lowest BCUT2D eigenvalue weighted by Gasteiger charge is -2.37. The van der Waals surface area contributed by atoms with Gasteiger partial charge in [0.1, 0.15) is 0 Å². The molecule has 1 saturated carbocycles. The summed E-state index contributed by atoms with van der Waals surface area (Å²) in [7, 11) is 0. The average Bonchev–Trinajstić information content (AvgIpc) is 2.99. The monoisotopic (exact) mass is 199 g/mol. The molecule has 2 atom stereocenters. The lowest BCUT2D eigenvalue weighted by atomic mass is 10.0. The molecule has 2 rings (SSSR count). The van der Waals surface area contributed by atoms with E-state index in [4.69, 9.17) is 4.74 Å². The summed E-state index contributed by atoms with van der Waals surface area (Å²) in [6.45, 7) is 4.75. The fourth-order valence-corrected chi connectivity index (χ4v) is 2.31. The quantitative estimate of drug-likeness (QED) is 0.733. The molecule has 0 amide bonds. The molecule has 3 nitrogen and oxygen atoms in total. The van der Waals surface area contributed by atoms with Crippen LogP contribution in [0.25, 0.3) is 0 Å². The topological polar surface area (TPSA) is 32.7 Å². The van der Waals surface area contributed by atoms with Crippen LogP contribution in [0.3, 0.4) is 0 Å². The zero-order chi connectivity index (χ0) is 9.97. The average molecular weight is 199 g/mol. The summed E-state index contributed by atoms with van der Waals surface area (Å²) >= 11 is 0. The van der Waals surface area contributed by atoms with Crippen LogP contribution in [0.5, 0.6) is 0 Å². The van der Waals surface area contributed by atoms with Crippen LogP contribution >= 0.6 is 0 Å². The molecular weight excluding hydrogens is 178 g/mol. The highest BCUT2D eigenvalue weighted by Crippen LogP contribution is 2.31. The second-order valence-electron chi connectivity index (χ2n) is 4.47. The van der Waals surface area contributed by atoms with Crippen molar-refractivity contribution in [3.63, 3.8) is 0 Å². The summed E-state index contributed by atoms with van der Waals surface area (Å²) in [4.78, 5) is 2.46. The molecule has 0 aromatic rings. The summed E-state index contributed by atoms with van der Waals surface area (Å²) < 4.78 is 5.46. The van der Waals surface area contributed by atoms with Crippen LogP contribution in [-0.2, 0) is 4.74 Å². The highest BCUT2D eigenvalue weighted by atomic mass is 16.5. The summed E-state index contributed by atoms with van der Waals surface area (Å²) in [6.07, 6.45) is 4.42. The van der Waals surface area contributed by atoms with Crippen LogP contribution in [0.1, 0.15) is 32.6 Å². The van der Waals surface area contributed by atoms with Gasteiger partial charge in [-0.1, -0.05) is 6.92 Å². The van der Waals surface area contributed by atoms with E-state index in [1.807, 2.05) is 0 Å². The first kappa shape index (κ1) is 10.4. The van der Waals surface area contributed by atoms with Gasteiger partial charge in [0.05, 0.1) is 18.8 Å². The van der Waals surface area contributed by atoms with Gasteiger partial charge in [0, 0.05) is 12.6 Å². The molecule has 0 bridgehead atoms. The first-order valence-electron chi connectivity index (χ1n) is 5.84. The largest absolute Gasteiger partial charge is 0.391 e. The van der Waals surface area contributed by atoms with E-state index in [9.17, 15) is 5.11 Å². The van der Waals surface area contributed by atoms with Gasteiger partial charge in [-0.05, 0) is 32.2 Å². The number of ether oxygens (including phenoxy) is 1. The maximum atomic E-state index is 9.92. The number of rotatable bonds is 4. The SMILES string of the molecule is CCCN(C1CC1)C1COCCC1O. The number of aliphatic hydroxyl groups excluding tert-OH is 1. The van der Waals surface area contributed by atoms with Crippen molar-refractivity contribution in [1.82, 2.24) is 4.90 Å². The van der Waals surface area contributed by atoms with Crippen LogP contribution in [0.4, 0.5) is 0 Å². The lowest BCUT2D eigenvalue weighted by molar-refractivity contribution is -0.0639. The molecule has 0 aromatic carbocycles. The summed E-state index contributed by atoms with van der Waals surface area (Å²) in [5.74, 6) is 0. The van der Waals surface area contributed by atoms with E-state index in [1.165, 1.54) is 19.3 Å². The molecule has 0 spiro atoms. The molecule has 1 aliphatic heterocycles. The third kappa shape index (κ3) is 2.27. The van der Waals surface area contributed by atoms with Gasteiger partial charge < -0.3 is 9.84 Å². The molecule has 1 heterocycles. The first-order chi connectivity index (χ1) is 6.83. The summed E-state index contributed by atoms with van der Waals surface area (Å²) in [5, 5.41) is 9.92. The third-order valence-electron chi connectivity index (χ3n) is 3.21. The number of aliphatic hydroxyl groups is 1. The van der Waals surface area contributed by atoms with Crippen LogP contribution in [-0.4, -0.2) is 48.0 Å². The molecule has 0 aromatic heterocycles. The van der Waals surface area contributed by atoms with Crippen molar-refractivity contribution in [2.24, 2.45) is 0 Å². The minimum absolute atomic E-state index is 0.170. The highest BCUT2D eigenvalue weighted by Gasteiger charge is 2.37. The van der Waals surface area contributed by atoms with Crippen molar-refractivity contribution in [3.05, 3.63) is 0 Å². The zero-order valence-electron chi connectivity index (χ0n) is 8.98. The normalized spacial score (nSPS) is 33.6. The van der Waals surface area contributed by atoms with E-state index in [0.717, 1.165) is 32.2 Å². The van der Waals surface area contributed by atoms with Crippen molar-refractivity contribution in [3.8, 4) is 0 Å². The highest BCUT2D eigenvalue weighted by molar-refractivity contribution is 4.92. The van der Waals surface area contributed by atoms with Gasteiger partial charge in [-0.3, -0.25) is 4.90 Å². The number of hydrogen-bond donors (Lipinski definition) is 1. The summed E-state index contributed by atoms with van der Waals surface area (Å²) in [5.41, 5.74) is 0. The molecule has 2 fully saturated rings. The van der Waals surface area contributed by atoms with E-state index in [-0.39, 0.29) is 12.1 Å². The Balaban J connectivity index is 1.93. The Kier molecular flexibility index (Phi) is 3.42. The van der Waals surface area contributed by atoms with Gasteiger partial charge in [0.25, 0.3) is 0 Å². The standard InChI is InChI=1S/C11H21NO2/c1-2-6-12(9-3-4-9)10-8-14-7-5-11(10)13/h9-11,13H,2-8H2,1H3. The van der Waals surface area contributed by atoms with Crippen molar-refractivity contribution >= 4 is 0 Å². The van der Waals surface area contributed by atoms with Crippen LogP contribution < -0.4 is 0 Å². The molecule has 1 saturated heterocycles. The third-order valence-corrected chi connectivity index (χ3v) is 3.21. The molecule has 1 aliphatic carbocycles. The fourth-order valence-electron chi connectivity index (χ4n) is 2.31. The van der Waals surface area contributed by atoms with Gasteiger partial charge in [0.15, 0.2) is 0 Å². The Morgan fingerprint density at radius 1 is 1.36 bits per heavy atom. The zero-order valence-corrected chi connectivity index (χ0v) is 8.98. The van der Waals surface area contributed by atoms with Crippen molar-refractivity contribution < 1.29 is 9.84 Å². The van der Waals surface area contributed by atoms with E-state index in [0.29, 0.717) is 0 Å². The smallest absolute Gasteiger partial charge is 0.0739 e. The van der Waals surface area contributed by atoms with Gasteiger partial charge >= 0.3 is 0 Å². The van der Waals surface area contributed by atoms with Crippen LogP contribution in [0.2, 0.25) is 0 Å². The molecule has 2 aliphatic rings. The minimum atomic E-state index is -0.170. The Bertz CT molecular complexity index is 180. The van der Waals surface area contributed by atoms with Crippen molar-refractivity contribution in [1.29, 1.82) is 0 Å². The number of nitrogens with zero attached hydrogens (tertiary/aromatic N) is 1. The minimum Gasteiger partial charge on any atom is -0.391 e. The Morgan fingerprint density at radius 2 is 2.14 bits per heavy atom. The van der Waals surface area contributed by atoms with Crippen molar-refractivity contribution in [2.45, 2.75) is 50.8 Å². The van der Waals surface area contributed by atoms with E-state index in [2.05, 4.69) is 11.8 Å². The van der Waals surface area contributed by atoms with Crippen LogP contribution in [0, 0.1) is 0 Å². The van der Waals surface area contributed by atoms with E-state index < -0.39 is 0 Å². The van der Waals surface area contributed by atoms with Crippen molar-refractivity contribution in [2.75, 3.05) is 19.8 Å². The second-order valence-corrected chi connectivity index (χ2v) is 4.47. The molecular formula is C11H21NO2. The fraction of sp³-hybridized carbons (Fsp3) is 1.00. The first-order valence-corrected chi connectivity index (χ1v) is 5.84. The molecule has 14 heavy (non-hydrogen) atoms. The Labute approximate surface area is 86.0 Å². The molecule has 0 radical (unpaired) electrons. The number of hydrogen-bond acceptors (Lipinski definition) is 3. The Hall–Kier alpha value is -0.120. The van der Waals surface area contributed by atoms with Gasteiger partial charge in [-0.2, -0.15) is 0 Å². The molecule has 1 N–H and O–H groups in total. The van der Waals surface area contributed by atoms with Crippen LogP contribution in [0.15, 0.2) is 0 Å². The van der Waals surface area contributed by atoms with Gasteiger partial charge in [-0.25, -0.2) is 0 Å². The summed E-state index contributed by atoms with van der Waals surface area (Å²) in [6, 6.07) is 0.993. The lowest BCUT2D eigenvalue weighted by Crippen LogP contribution is -2.50. The molecule has 3 heteroatoms. The molecule has 2 unspecified atom stereocenters. The maximum Gasteiger partial charge on any atom is 0.0739 e. The van der Waals surface area contributed by atoms with Gasteiger partial charge in [0.2, 0.25) is 0 Å².